The molecule has 0 bridgehead atoms. The minimum atomic E-state index is -0.312. The van der Waals surface area contributed by atoms with E-state index in [4.69, 9.17) is 4.74 Å². The minimum Gasteiger partial charge on any atom is -0.490 e. The number of halogens is 1. The van der Waals surface area contributed by atoms with Crippen molar-refractivity contribution in [2.75, 3.05) is 37.4 Å². The number of hydrogen-bond acceptors (Lipinski definition) is 7. The molecule has 10 heteroatoms. The molecule has 6 rings (SSSR count). The van der Waals surface area contributed by atoms with Crippen LogP contribution in [0.25, 0.3) is 5.65 Å². The molecule has 0 radical (unpaired) electrons. The summed E-state index contributed by atoms with van der Waals surface area (Å²) in [6, 6.07) is 4.76. The van der Waals surface area contributed by atoms with Crippen LogP contribution in [0.1, 0.15) is 41.6 Å². The van der Waals surface area contributed by atoms with Crippen molar-refractivity contribution >= 4 is 28.9 Å². The molecule has 3 N–H and O–H groups in total. The molecule has 1 saturated heterocycles. The Kier molecular flexibility index (Phi) is 4.26. The van der Waals surface area contributed by atoms with Crippen LogP contribution in [0.2, 0.25) is 0 Å². The van der Waals surface area contributed by atoms with Crippen molar-refractivity contribution in [1.82, 2.24) is 25.0 Å². The number of ether oxygens (including phenoxy) is 1. The molecule has 9 nitrogen and oxygen atoms in total. The first-order valence-electron chi connectivity index (χ1n) is 10.9. The molecule has 32 heavy (non-hydrogen) atoms. The second-order valence-electron chi connectivity index (χ2n) is 8.73. The molecule has 2 aromatic heterocycles. The molecule has 0 unspecified atom stereocenters. The maximum atomic E-state index is 14.4. The molecule has 1 saturated carbocycles. The zero-order valence-electron chi connectivity index (χ0n) is 17.7. The van der Waals surface area contributed by atoms with Gasteiger partial charge in [-0.2, -0.15) is 9.61 Å². The number of hydrogen-bond donors (Lipinski definition) is 3. The van der Waals surface area contributed by atoms with Gasteiger partial charge in [-0.3, -0.25) is 10.2 Å². The standard InChI is InChI=1S/C22H24FN7O2/c1-24-18-10-17(26-16-9-13(23)8-15-19(16)32-12-22(15)4-5-22)27-20-14(11-25-30(18)20)21(31)28-29-6-2-3-7-29/h8-11,24H,2-7,12H2,1H3,(H,26,27)(H,28,31). The fourth-order valence-corrected chi connectivity index (χ4v) is 4.62. The predicted molar refractivity (Wildman–Crippen MR) is 117 cm³/mol. The van der Waals surface area contributed by atoms with E-state index in [2.05, 4.69) is 26.1 Å². The van der Waals surface area contributed by atoms with E-state index in [1.165, 1.54) is 12.3 Å². The zero-order chi connectivity index (χ0) is 21.9. The summed E-state index contributed by atoms with van der Waals surface area (Å²) in [6.07, 6.45) is 5.67. The lowest BCUT2D eigenvalue weighted by atomic mass is 9.98. The van der Waals surface area contributed by atoms with Gasteiger partial charge in [0.1, 0.15) is 28.8 Å². The largest absolute Gasteiger partial charge is 0.490 e. The molecule has 3 aromatic rings. The molecule has 0 atom stereocenters. The number of aromatic nitrogens is 3. The summed E-state index contributed by atoms with van der Waals surface area (Å²) < 4.78 is 21.9. The Labute approximate surface area is 183 Å². The highest BCUT2D eigenvalue weighted by molar-refractivity contribution is 5.99. The van der Waals surface area contributed by atoms with Gasteiger partial charge in [0, 0.05) is 43.2 Å². The Morgan fingerprint density at radius 3 is 2.78 bits per heavy atom. The van der Waals surface area contributed by atoms with Gasteiger partial charge in [-0.25, -0.2) is 14.4 Å². The quantitative estimate of drug-likeness (QED) is 0.565. The van der Waals surface area contributed by atoms with Crippen LogP contribution in [0.4, 0.5) is 21.7 Å². The third-order valence-electron chi connectivity index (χ3n) is 6.57. The maximum Gasteiger partial charge on any atom is 0.271 e. The molecule has 3 aliphatic rings. The van der Waals surface area contributed by atoms with E-state index < -0.39 is 0 Å². The highest BCUT2D eigenvalue weighted by atomic mass is 19.1. The van der Waals surface area contributed by atoms with Gasteiger partial charge < -0.3 is 15.4 Å². The van der Waals surface area contributed by atoms with Crippen LogP contribution in [0.5, 0.6) is 5.75 Å². The summed E-state index contributed by atoms with van der Waals surface area (Å²) >= 11 is 0. The average Bonchev–Trinajstić information content (AvgIpc) is 3.09. The van der Waals surface area contributed by atoms with Gasteiger partial charge in [-0.05, 0) is 31.7 Å². The van der Waals surface area contributed by atoms with Crippen molar-refractivity contribution < 1.29 is 13.9 Å². The number of carbonyl (C=O) groups excluding carboxylic acids is 1. The van der Waals surface area contributed by atoms with Gasteiger partial charge in [0.05, 0.1) is 18.5 Å². The highest BCUT2D eigenvalue weighted by Gasteiger charge is 2.51. The van der Waals surface area contributed by atoms with E-state index in [1.54, 1.807) is 23.7 Å². The highest BCUT2D eigenvalue weighted by Crippen LogP contribution is 2.57. The number of rotatable bonds is 5. The first kappa shape index (κ1) is 19.3. The van der Waals surface area contributed by atoms with E-state index in [0.717, 1.165) is 44.3 Å². The van der Waals surface area contributed by atoms with Gasteiger partial charge in [-0.1, -0.05) is 0 Å². The van der Waals surface area contributed by atoms with Crippen LogP contribution in [-0.4, -0.2) is 52.3 Å². The molecule has 1 aromatic carbocycles. The Balaban J connectivity index is 1.37. The van der Waals surface area contributed by atoms with E-state index in [1.807, 2.05) is 5.01 Å². The van der Waals surface area contributed by atoms with Crippen LogP contribution >= 0.6 is 0 Å². The molecule has 166 valence electrons. The van der Waals surface area contributed by atoms with Crippen LogP contribution in [0.3, 0.4) is 0 Å². The SMILES string of the molecule is CNc1cc(Nc2cc(F)cc3c2OCC32CC2)nc2c(C(=O)NN3CCCC3)cnn12. The van der Waals surface area contributed by atoms with Crippen molar-refractivity contribution in [2.24, 2.45) is 0 Å². The first-order valence-corrected chi connectivity index (χ1v) is 10.9. The number of nitrogens with one attached hydrogen (secondary N) is 3. The minimum absolute atomic E-state index is 0.0341. The van der Waals surface area contributed by atoms with Gasteiger partial charge in [0.15, 0.2) is 5.65 Å². The first-order chi connectivity index (χ1) is 15.6. The maximum absolute atomic E-state index is 14.4. The second-order valence-corrected chi connectivity index (χ2v) is 8.73. The lowest BCUT2D eigenvalue weighted by Gasteiger charge is -2.16. The van der Waals surface area contributed by atoms with Crippen molar-refractivity contribution in [3.8, 4) is 5.75 Å². The van der Waals surface area contributed by atoms with Gasteiger partial charge >= 0.3 is 0 Å². The second kappa shape index (κ2) is 7.06. The Bertz CT molecular complexity index is 1230. The van der Waals surface area contributed by atoms with Crippen LogP contribution in [-0.2, 0) is 5.41 Å². The smallest absolute Gasteiger partial charge is 0.271 e. The van der Waals surface area contributed by atoms with E-state index in [9.17, 15) is 9.18 Å². The Morgan fingerprint density at radius 2 is 2.03 bits per heavy atom. The number of benzene rings is 1. The van der Waals surface area contributed by atoms with Crippen LogP contribution < -0.4 is 20.8 Å². The summed E-state index contributed by atoms with van der Waals surface area (Å²) in [5, 5.41) is 12.5. The molecule has 2 fully saturated rings. The molecule has 1 spiro atoms. The fraction of sp³-hybridized carbons (Fsp3) is 0.409. The molecular weight excluding hydrogens is 413 g/mol. The van der Waals surface area contributed by atoms with Gasteiger partial charge in [0.25, 0.3) is 5.91 Å². The Hall–Kier alpha value is -3.40. The monoisotopic (exact) mass is 437 g/mol. The lowest BCUT2D eigenvalue weighted by Crippen LogP contribution is -2.40. The zero-order valence-corrected chi connectivity index (χ0v) is 17.7. The lowest BCUT2D eigenvalue weighted by molar-refractivity contribution is 0.0827. The summed E-state index contributed by atoms with van der Waals surface area (Å²) in [5.41, 5.74) is 5.12. The summed E-state index contributed by atoms with van der Waals surface area (Å²) in [7, 11) is 1.77. The summed E-state index contributed by atoms with van der Waals surface area (Å²) in [4.78, 5) is 17.5. The van der Waals surface area contributed by atoms with E-state index in [0.29, 0.717) is 40.9 Å². The Morgan fingerprint density at radius 1 is 1.22 bits per heavy atom. The molecular formula is C22H24FN7O2. The van der Waals surface area contributed by atoms with E-state index in [-0.39, 0.29) is 17.1 Å². The predicted octanol–water partition coefficient (Wildman–Crippen LogP) is 2.82. The molecule has 1 amide bonds. The third kappa shape index (κ3) is 3.05. The number of carbonyl (C=O) groups is 1. The molecule has 2 aliphatic heterocycles. The summed E-state index contributed by atoms with van der Waals surface area (Å²) in [6.45, 7) is 2.25. The van der Waals surface area contributed by atoms with E-state index >= 15 is 0 Å². The van der Waals surface area contributed by atoms with Gasteiger partial charge in [0.2, 0.25) is 0 Å². The number of anilines is 3. The van der Waals surface area contributed by atoms with Crippen molar-refractivity contribution in [3.05, 3.63) is 41.3 Å². The molecule has 4 heterocycles. The normalized spacial score (nSPS) is 18.6. The van der Waals surface area contributed by atoms with Crippen LogP contribution in [0, 0.1) is 5.82 Å². The number of hydrazine groups is 1. The third-order valence-corrected chi connectivity index (χ3v) is 6.57. The van der Waals surface area contributed by atoms with Gasteiger partial charge in [-0.15, -0.1) is 0 Å². The average molecular weight is 437 g/mol. The molecule has 1 aliphatic carbocycles. The van der Waals surface area contributed by atoms with Crippen molar-refractivity contribution in [3.63, 3.8) is 0 Å². The number of fused-ring (bicyclic) bond motifs is 3. The number of nitrogens with zero attached hydrogens (tertiary/aromatic N) is 4. The van der Waals surface area contributed by atoms with Crippen LogP contribution in [0.15, 0.2) is 24.4 Å². The summed E-state index contributed by atoms with van der Waals surface area (Å²) in [5.74, 6) is 1.22. The topological polar surface area (TPSA) is 95.8 Å². The van der Waals surface area contributed by atoms with Crippen molar-refractivity contribution in [1.29, 1.82) is 0 Å². The fourth-order valence-electron chi connectivity index (χ4n) is 4.62. The van der Waals surface area contributed by atoms with Crippen molar-refractivity contribution in [2.45, 2.75) is 31.1 Å². The number of amides is 1.